The molecule has 3 aliphatic rings. The van der Waals surface area contributed by atoms with Crippen LogP contribution >= 0.6 is 0 Å². The van der Waals surface area contributed by atoms with Gasteiger partial charge in [-0.3, -0.25) is 0 Å². The smallest absolute Gasteiger partial charge is 0.0233 e. The molecular weight excluding hydrogens is 324 g/mol. The molecule has 0 heteroatoms. The predicted octanol–water partition coefficient (Wildman–Crippen LogP) is 8.73. The molecule has 0 bridgehead atoms. The molecule has 0 aliphatic heterocycles. The Morgan fingerprint density at radius 3 is 1.52 bits per heavy atom. The molecule has 0 radical (unpaired) electrons. The van der Waals surface area contributed by atoms with Crippen LogP contribution < -0.4 is 0 Å². The summed E-state index contributed by atoms with van der Waals surface area (Å²) >= 11 is 0. The van der Waals surface area contributed by atoms with E-state index in [0.717, 1.165) is 35.5 Å². The zero-order valence-electron chi connectivity index (χ0n) is 18.4. The maximum atomic E-state index is 2.64. The highest BCUT2D eigenvalue weighted by molar-refractivity contribution is 4.98. The lowest BCUT2D eigenvalue weighted by atomic mass is 9.68. The van der Waals surface area contributed by atoms with Gasteiger partial charge in [0, 0.05) is 0 Å². The first kappa shape index (κ1) is 21.2. The minimum Gasteiger partial charge on any atom is -0.0914 e. The zero-order valence-corrected chi connectivity index (χ0v) is 18.4. The van der Waals surface area contributed by atoms with Gasteiger partial charge in [-0.15, -0.1) is 0 Å². The summed E-state index contributed by atoms with van der Waals surface area (Å²) in [5, 5.41) is 0. The van der Waals surface area contributed by atoms with Crippen LogP contribution in [0.25, 0.3) is 0 Å². The molecule has 3 aliphatic carbocycles. The van der Waals surface area contributed by atoms with Gasteiger partial charge in [0.25, 0.3) is 0 Å². The summed E-state index contributed by atoms with van der Waals surface area (Å²) in [5.41, 5.74) is 0. The third-order valence-corrected chi connectivity index (χ3v) is 8.28. The molecule has 0 saturated heterocycles. The zero-order chi connectivity index (χ0) is 18.9. The van der Waals surface area contributed by atoms with Gasteiger partial charge < -0.3 is 0 Å². The highest BCUT2D eigenvalue weighted by Crippen LogP contribution is 2.42. The molecule has 0 aromatic rings. The Kier molecular flexibility index (Phi) is 9.01. The van der Waals surface area contributed by atoms with Gasteiger partial charge in [-0.25, -0.2) is 0 Å². The molecule has 0 N–H and O–H groups in total. The number of hydrogen-bond acceptors (Lipinski definition) is 0. The maximum Gasteiger partial charge on any atom is -0.0233 e. The number of unbranched alkanes of at least 4 members (excludes halogenated alkanes) is 1. The van der Waals surface area contributed by atoms with E-state index in [9.17, 15) is 0 Å². The van der Waals surface area contributed by atoms with Crippen molar-refractivity contribution in [3.8, 4) is 0 Å². The van der Waals surface area contributed by atoms with E-state index < -0.39 is 0 Å². The molecule has 3 rings (SSSR count). The van der Waals surface area contributed by atoms with E-state index >= 15 is 0 Å². The molecule has 0 aromatic heterocycles. The summed E-state index contributed by atoms with van der Waals surface area (Å²) in [7, 11) is 0. The minimum atomic E-state index is 0.868. The first-order valence-electron chi connectivity index (χ1n) is 12.6. The Morgan fingerprint density at radius 2 is 1.04 bits per heavy atom. The third kappa shape index (κ3) is 6.79. The van der Waals surface area contributed by atoms with E-state index in [4.69, 9.17) is 0 Å². The second kappa shape index (κ2) is 11.5. The fourth-order valence-electron chi connectivity index (χ4n) is 6.37. The number of allylic oxidation sites excluding steroid dienone is 4. The van der Waals surface area contributed by atoms with Crippen molar-refractivity contribution >= 4 is 0 Å². The monoisotopic (exact) mass is 370 g/mol. The summed E-state index contributed by atoms with van der Waals surface area (Å²) in [6.07, 6.45) is 32.1. The Hall–Kier alpha value is -0.520. The van der Waals surface area contributed by atoms with Crippen LogP contribution in [0.5, 0.6) is 0 Å². The molecule has 0 heterocycles. The van der Waals surface area contributed by atoms with Crippen LogP contribution in [-0.4, -0.2) is 0 Å². The van der Waals surface area contributed by atoms with Crippen molar-refractivity contribution in [2.24, 2.45) is 35.5 Å². The first-order chi connectivity index (χ1) is 13.3. The maximum absolute atomic E-state index is 2.64. The molecule has 27 heavy (non-hydrogen) atoms. The van der Waals surface area contributed by atoms with Crippen LogP contribution in [0.2, 0.25) is 0 Å². The van der Waals surface area contributed by atoms with Gasteiger partial charge in [-0.2, -0.15) is 0 Å². The highest BCUT2D eigenvalue weighted by atomic mass is 14.4. The van der Waals surface area contributed by atoms with Gasteiger partial charge in [0.05, 0.1) is 0 Å². The van der Waals surface area contributed by atoms with Crippen molar-refractivity contribution in [3.63, 3.8) is 0 Å². The van der Waals surface area contributed by atoms with E-state index in [1.807, 2.05) is 0 Å². The SMILES string of the molecule is CC=CC1CCC(C=CC2CCC(C3CCC(CCCC)CC3)CC2)CC1. The lowest BCUT2D eigenvalue weighted by Crippen LogP contribution is -2.25. The molecule has 3 saturated carbocycles. The van der Waals surface area contributed by atoms with Crippen LogP contribution in [0.3, 0.4) is 0 Å². The summed E-state index contributed by atoms with van der Waals surface area (Å²) in [5.74, 6) is 5.86. The van der Waals surface area contributed by atoms with E-state index in [1.165, 1.54) is 70.6 Å². The average Bonchev–Trinajstić information content (AvgIpc) is 2.73. The van der Waals surface area contributed by atoms with Gasteiger partial charge >= 0.3 is 0 Å². The molecular formula is C27H46. The lowest BCUT2D eigenvalue weighted by molar-refractivity contribution is 0.151. The van der Waals surface area contributed by atoms with Crippen LogP contribution in [0.4, 0.5) is 0 Å². The third-order valence-electron chi connectivity index (χ3n) is 8.28. The standard InChI is InChI=1S/C27H46/c1-3-5-7-23-14-18-26(19-15-23)27-20-16-25(17-21-27)13-12-24-10-8-22(6-4-2)9-11-24/h4,6,12-13,22-27H,3,5,7-11,14-21H2,1-2H3. The Morgan fingerprint density at radius 1 is 0.593 bits per heavy atom. The fraction of sp³-hybridized carbons (Fsp3) is 0.852. The quantitative estimate of drug-likeness (QED) is 0.393. The predicted molar refractivity (Wildman–Crippen MR) is 120 cm³/mol. The molecule has 0 aromatic carbocycles. The topological polar surface area (TPSA) is 0 Å². The summed E-state index contributed by atoms with van der Waals surface area (Å²) in [6.45, 7) is 4.51. The van der Waals surface area contributed by atoms with E-state index in [-0.39, 0.29) is 0 Å². The van der Waals surface area contributed by atoms with Crippen LogP contribution in [0.15, 0.2) is 24.3 Å². The fourth-order valence-corrected chi connectivity index (χ4v) is 6.37. The van der Waals surface area contributed by atoms with Gasteiger partial charge in [0.15, 0.2) is 0 Å². The van der Waals surface area contributed by atoms with Crippen molar-refractivity contribution in [3.05, 3.63) is 24.3 Å². The highest BCUT2D eigenvalue weighted by Gasteiger charge is 2.30. The van der Waals surface area contributed by atoms with Crippen molar-refractivity contribution in [2.45, 2.75) is 110 Å². The van der Waals surface area contributed by atoms with Crippen molar-refractivity contribution in [1.29, 1.82) is 0 Å². The first-order valence-corrected chi connectivity index (χ1v) is 12.6. The van der Waals surface area contributed by atoms with Gasteiger partial charge in [-0.05, 0) is 107 Å². The molecule has 3 fully saturated rings. The van der Waals surface area contributed by atoms with Gasteiger partial charge in [0.2, 0.25) is 0 Å². The molecule has 0 amide bonds. The number of hydrogen-bond donors (Lipinski definition) is 0. The van der Waals surface area contributed by atoms with Crippen LogP contribution in [-0.2, 0) is 0 Å². The van der Waals surface area contributed by atoms with Gasteiger partial charge in [-0.1, -0.05) is 63.3 Å². The van der Waals surface area contributed by atoms with Gasteiger partial charge in [0.1, 0.15) is 0 Å². The number of rotatable bonds is 7. The van der Waals surface area contributed by atoms with Crippen LogP contribution in [0.1, 0.15) is 110 Å². The minimum absolute atomic E-state index is 0.868. The van der Waals surface area contributed by atoms with E-state index in [1.54, 1.807) is 25.7 Å². The Labute approximate surface area is 170 Å². The van der Waals surface area contributed by atoms with Crippen molar-refractivity contribution in [1.82, 2.24) is 0 Å². The van der Waals surface area contributed by atoms with Crippen molar-refractivity contribution in [2.75, 3.05) is 0 Å². The molecule has 0 spiro atoms. The normalized spacial score (nSPS) is 38.6. The summed E-state index contributed by atoms with van der Waals surface area (Å²) < 4.78 is 0. The molecule has 0 atom stereocenters. The Balaban J connectivity index is 1.32. The molecule has 154 valence electrons. The molecule has 0 nitrogen and oxygen atoms in total. The van der Waals surface area contributed by atoms with Crippen molar-refractivity contribution < 1.29 is 0 Å². The van der Waals surface area contributed by atoms with Crippen LogP contribution in [0, 0.1) is 35.5 Å². The summed E-state index contributed by atoms with van der Waals surface area (Å²) in [6, 6.07) is 0. The average molecular weight is 371 g/mol. The largest absolute Gasteiger partial charge is 0.0914 e. The second-order valence-corrected chi connectivity index (χ2v) is 10.2. The summed E-state index contributed by atoms with van der Waals surface area (Å²) in [4.78, 5) is 0. The van der Waals surface area contributed by atoms with E-state index in [2.05, 4.69) is 38.2 Å². The Bertz CT molecular complexity index is 435. The lowest BCUT2D eigenvalue weighted by Gasteiger charge is -2.37. The van der Waals surface area contributed by atoms with E-state index in [0.29, 0.717) is 0 Å². The molecule has 0 unspecified atom stereocenters. The second-order valence-electron chi connectivity index (χ2n) is 10.2.